The Morgan fingerprint density at radius 2 is 1.64 bits per heavy atom. The summed E-state index contributed by atoms with van der Waals surface area (Å²) in [5.41, 5.74) is 1.11. The van der Waals surface area contributed by atoms with Crippen LogP contribution < -0.4 is 24.6 Å². The highest BCUT2D eigenvalue weighted by molar-refractivity contribution is 6.33. The quantitative estimate of drug-likeness (QED) is 0.550. The Morgan fingerprint density at radius 3 is 2.18 bits per heavy atom. The van der Waals surface area contributed by atoms with E-state index in [1.165, 1.54) is 0 Å². The summed E-state index contributed by atoms with van der Waals surface area (Å²) in [4.78, 5) is 4.00. The zero-order valence-corrected chi connectivity index (χ0v) is 15.5. The van der Waals surface area contributed by atoms with Crippen LogP contribution in [0.15, 0.2) is 36.9 Å². The maximum atomic E-state index is 6.08. The van der Waals surface area contributed by atoms with Crippen LogP contribution in [0.5, 0.6) is 0 Å². The highest BCUT2D eigenvalue weighted by atomic mass is 35.5. The third kappa shape index (κ3) is 10.2. The molecular weight excluding hydrogens is 370 g/mol. The summed E-state index contributed by atoms with van der Waals surface area (Å²) < 4.78 is 2.05. The van der Waals surface area contributed by atoms with Gasteiger partial charge in [0.25, 0.3) is 0 Å². The lowest BCUT2D eigenvalue weighted by Crippen LogP contribution is -1.97. The van der Waals surface area contributed by atoms with Crippen LogP contribution in [0.2, 0.25) is 10.0 Å². The number of hydrogen-bond acceptors (Lipinski definition) is 5. The average Bonchev–Trinajstić information content (AvgIpc) is 2.76. The molecule has 0 unspecified atom stereocenters. The summed E-state index contributed by atoms with van der Waals surface area (Å²) in [6.45, 7) is 0.947. The molecular formula is C12H26Cl4N6. The van der Waals surface area contributed by atoms with Crippen LogP contribution in [0.1, 0.15) is 12.0 Å². The summed E-state index contributed by atoms with van der Waals surface area (Å²) in [6.07, 6.45) is 7.51. The summed E-state index contributed by atoms with van der Waals surface area (Å²) in [5, 5.41) is 1.53. The fourth-order valence-corrected chi connectivity index (χ4v) is 2.01. The molecule has 0 saturated carbocycles. The number of halogens is 4. The number of hydrogen-bond donors (Lipinski definition) is 4. The SMILES string of the molecule is Cl.Cl.Clc1ccc(Cl)c(CCCn2ccnc2)c1.N.N.N.N. The number of nitrogens with zero attached hydrogens (tertiary/aromatic N) is 2. The Morgan fingerprint density at radius 1 is 1.00 bits per heavy atom. The van der Waals surface area contributed by atoms with Gasteiger partial charge in [-0.3, -0.25) is 0 Å². The largest absolute Gasteiger partial charge is 0.344 e. The molecule has 2 rings (SSSR count). The summed E-state index contributed by atoms with van der Waals surface area (Å²) in [7, 11) is 0. The number of aryl methyl sites for hydroxylation is 2. The average molecular weight is 396 g/mol. The Bertz CT molecular complexity index is 467. The molecule has 1 aromatic heterocycles. The van der Waals surface area contributed by atoms with Crippen molar-refractivity contribution in [2.24, 2.45) is 0 Å². The topological polar surface area (TPSA) is 158 Å². The fourth-order valence-electron chi connectivity index (χ4n) is 1.61. The van der Waals surface area contributed by atoms with Crippen LogP contribution in [0.4, 0.5) is 0 Å². The minimum absolute atomic E-state index is 0. The molecule has 0 aliphatic rings. The third-order valence-electron chi connectivity index (χ3n) is 2.43. The van der Waals surface area contributed by atoms with Gasteiger partial charge in [0.1, 0.15) is 0 Å². The minimum Gasteiger partial charge on any atom is -0.344 e. The Kier molecular flexibility index (Phi) is 25.3. The van der Waals surface area contributed by atoms with Crippen molar-refractivity contribution in [1.82, 2.24) is 34.2 Å². The molecule has 0 amide bonds. The fraction of sp³-hybridized carbons (Fsp3) is 0.250. The molecule has 0 radical (unpaired) electrons. The molecule has 0 spiro atoms. The summed E-state index contributed by atoms with van der Waals surface area (Å²) >= 11 is 12.0. The molecule has 132 valence electrons. The number of imidazole rings is 1. The van der Waals surface area contributed by atoms with Crippen LogP contribution in [0.3, 0.4) is 0 Å². The van der Waals surface area contributed by atoms with Crippen molar-refractivity contribution in [3.05, 3.63) is 52.5 Å². The highest BCUT2D eigenvalue weighted by Crippen LogP contribution is 2.21. The second kappa shape index (κ2) is 16.8. The van der Waals surface area contributed by atoms with Crippen LogP contribution in [0, 0.1) is 0 Å². The second-order valence-electron chi connectivity index (χ2n) is 3.64. The van der Waals surface area contributed by atoms with E-state index in [9.17, 15) is 0 Å². The van der Waals surface area contributed by atoms with Gasteiger partial charge in [-0.05, 0) is 36.6 Å². The Balaban J connectivity index is -0.000000161. The number of rotatable bonds is 4. The number of aromatic nitrogens is 2. The van der Waals surface area contributed by atoms with E-state index >= 15 is 0 Å². The smallest absolute Gasteiger partial charge is 0.0945 e. The molecule has 22 heavy (non-hydrogen) atoms. The van der Waals surface area contributed by atoms with Gasteiger partial charge in [-0.2, -0.15) is 0 Å². The molecule has 2 aromatic rings. The lowest BCUT2D eigenvalue weighted by molar-refractivity contribution is 0.642. The third-order valence-corrected chi connectivity index (χ3v) is 3.03. The van der Waals surface area contributed by atoms with E-state index in [-0.39, 0.29) is 49.4 Å². The van der Waals surface area contributed by atoms with E-state index < -0.39 is 0 Å². The molecule has 0 fully saturated rings. The van der Waals surface area contributed by atoms with Gasteiger partial charge in [-0.1, -0.05) is 23.2 Å². The van der Waals surface area contributed by atoms with E-state index in [0.717, 1.165) is 35.0 Å². The van der Waals surface area contributed by atoms with Crippen molar-refractivity contribution in [2.75, 3.05) is 0 Å². The lowest BCUT2D eigenvalue weighted by Gasteiger charge is -2.05. The minimum atomic E-state index is 0. The van der Waals surface area contributed by atoms with Crippen molar-refractivity contribution in [1.29, 1.82) is 0 Å². The van der Waals surface area contributed by atoms with Crippen molar-refractivity contribution >= 4 is 48.0 Å². The molecule has 0 bridgehead atoms. The van der Waals surface area contributed by atoms with Crippen molar-refractivity contribution in [2.45, 2.75) is 19.4 Å². The van der Waals surface area contributed by atoms with Gasteiger partial charge in [0.05, 0.1) is 6.33 Å². The Labute approximate surface area is 154 Å². The van der Waals surface area contributed by atoms with Gasteiger partial charge >= 0.3 is 0 Å². The van der Waals surface area contributed by atoms with Gasteiger partial charge < -0.3 is 29.2 Å². The predicted octanol–water partition coefficient (Wildman–Crippen LogP) is 5.31. The van der Waals surface area contributed by atoms with Gasteiger partial charge in [0, 0.05) is 29.0 Å². The molecule has 10 heteroatoms. The second-order valence-corrected chi connectivity index (χ2v) is 4.48. The van der Waals surface area contributed by atoms with E-state index in [1.54, 1.807) is 6.20 Å². The van der Waals surface area contributed by atoms with E-state index in [2.05, 4.69) is 9.55 Å². The summed E-state index contributed by atoms with van der Waals surface area (Å²) in [5.74, 6) is 0. The van der Waals surface area contributed by atoms with Crippen molar-refractivity contribution in [3.8, 4) is 0 Å². The molecule has 6 nitrogen and oxygen atoms in total. The van der Waals surface area contributed by atoms with Gasteiger partial charge in [-0.25, -0.2) is 4.98 Å². The standard InChI is InChI=1S/C12H12Cl2N2.2ClH.4H3N/c13-11-3-4-12(14)10(8-11)2-1-6-16-7-5-15-9-16;;;;;;/h3-5,7-9H,1-2,6H2;2*1H;4*1H3. The molecule has 0 aliphatic carbocycles. The van der Waals surface area contributed by atoms with Gasteiger partial charge in [0.15, 0.2) is 0 Å². The maximum Gasteiger partial charge on any atom is 0.0945 e. The van der Waals surface area contributed by atoms with Gasteiger partial charge in [-0.15, -0.1) is 24.8 Å². The molecule has 1 heterocycles. The van der Waals surface area contributed by atoms with Crippen LogP contribution in [-0.4, -0.2) is 9.55 Å². The molecule has 12 N–H and O–H groups in total. The first kappa shape index (κ1) is 33.1. The molecule has 0 aliphatic heterocycles. The van der Waals surface area contributed by atoms with Crippen molar-refractivity contribution in [3.63, 3.8) is 0 Å². The van der Waals surface area contributed by atoms with Gasteiger partial charge in [0.2, 0.25) is 0 Å². The monoisotopic (exact) mass is 394 g/mol. The first-order valence-corrected chi connectivity index (χ1v) is 5.91. The van der Waals surface area contributed by atoms with Crippen LogP contribution in [-0.2, 0) is 13.0 Å². The van der Waals surface area contributed by atoms with E-state index in [0.29, 0.717) is 0 Å². The first-order valence-electron chi connectivity index (χ1n) is 5.15. The lowest BCUT2D eigenvalue weighted by atomic mass is 10.1. The number of benzene rings is 1. The molecule has 0 saturated heterocycles. The predicted molar refractivity (Wildman–Crippen MR) is 102 cm³/mol. The first-order chi connectivity index (χ1) is 7.75. The van der Waals surface area contributed by atoms with E-state index in [1.807, 2.05) is 30.7 Å². The maximum absolute atomic E-state index is 6.08. The van der Waals surface area contributed by atoms with E-state index in [4.69, 9.17) is 23.2 Å². The van der Waals surface area contributed by atoms with Crippen LogP contribution >= 0.6 is 48.0 Å². The molecule has 1 aromatic carbocycles. The molecule has 0 atom stereocenters. The zero-order chi connectivity index (χ0) is 11.4. The van der Waals surface area contributed by atoms with Crippen molar-refractivity contribution < 1.29 is 0 Å². The zero-order valence-electron chi connectivity index (χ0n) is 12.4. The Hall–Kier alpha value is -0.570. The highest BCUT2D eigenvalue weighted by Gasteiger charge is 2.01. The normalized spacial score (nSPS) is 7.73. The summed E-state index contributed by atoms with van der Waals surface area (Å²) in [6, 6.07) is 5.58. The van der Waals surface area contributed by atoms with Crippen LogP contribution in [0.25, 0.3) is 0 Å².